The number of hydrogen-bond acceptors (Lipinski definition) is 3. The molecule has 1 saturated heterocycles. The van der Waals surface area contributed by atoms with Gasteiger partial charge in [0.1, 0.15) is 12.3 Å². The van der Waals surface area contributed by atoms with E-state index in [1.165, 1.54) is 0 Å². The third-order valence-corrected chi connectivity index (χ3v) is 1.83. The van der Waals surface area contributed by atoms with Crippen LogP contribution in [-0.2, 0) is 4.74 Å². The Morgan fingerprint density at radius 2 is 2.36 bits per heavy atom. The van der Waals surface area contributed by atoms with Gasteiger partial charge in [-0.15, -0.1) is 0 Å². The Balaban J connectivity index is 2.56. The highest BCUT2D eigenvalue weighted by molar-refractivity contribution is 5.70. The molecule has 1 heterocycles. The van der Waals surface area contributed by atoms with Crippen LogP contribution in [0.5, 0.6) is 0 Å². The second-order valence-electron chi connectivity index (χ2n) is 2.77. The Bertz CT molecular complexity index is 161. The molecule has 0 aromatic heterocycles. The van der Waals surface area contributed by atoms with E-state index in [1.807, 2.05) is 6.92 Å². The van der Waals surface area contributed by atoms with Gasteiger partial charge in [-0.1, -0.05) is 6.92 Å². The first-order valence-electron chi connectivity index (χ1n) is 3.89. The van der Waals surface area contributed by atoms with Gasteiger partial charge in [0.15, 0.2) is 0 Å². The van der Waals surface area contributed by atoms with E-state index < -0.39 is 0 Å². The molecule has 0 aliphatic carbocycles. The molecule has 64 valence electrons. The lowest BCUT2D eigenvalue weighted by Crippen LogP contribution is -2.43. The maximum atomic E-state index is 11.0. The van der Waals surface area contributed by atoms with Gasteiger partial charge in [0.05, 0.1) is 0 Å². The largest absolute Gasteiger partial charge is 0.443 e. The fourth-order valence-electron chi connectivity index (χ4n) is 1.15. The summed E-state index contributed by atoms with van der Waals surface area (Å²) in [6.45, 7) is 4.49. The van der Waals surface area contributed by atoms with E-state index in [9.17, 15) is 4.79 Å². The molecule has 2 unspecified atom stereocenters. The van der Waals surface area contributed by atoms with Crippen LogP contribution in [0.1, 0.15) is 20.3 Å². The minimum absolute atomic E-state index is 0.172. The van der Waals surface area contributed by atoms with Crippen molar-refractivity contribution in [2.75, 3.05) is 6.54 Å². The standard InChI is InChI=1S/C7H14N2O2/c1-3-4-9-6(8)5(2)11-7(9)10/h5-6H,3-4,8H2,1-2H3. The van der Waals surface area contributed by atoms with Crippen molar-refractivity contribution < 1.29 is 9.53 Å². The van der Waals surface area contributed by atoms with Gasteiger partial charge < -0.3 is 10.5 Å². The SMILES string of the molecule is CCCN1C(=O)OC(C)C1N. The summed E-state index contributed by atoms with van der Waals surface area (Å²) >= 11 is 0. The van der Waals surface area contributed by atoms with Gasteiger partial charge in [-0.25, -0.2) is 4.79 Å². The number of hydrogen-bond donors (Lipinski definition) is 1. The third kappa shape index (κ3) is 1.45. The topological polar surface area (TPSA) is 55.6 Å². The van der Waals surface area contributed by atoms with E-state index in [0.717, 1.165) is 6.42 Å². The first-order chi connectivity index (χ1) is 5.16. The molecule has 1 fully saturated rings. The number of nitrogens with zero attached hydrogens (tertiary/aromatic N) is 1. The highest BCUT2D eigenvalue weighted by Crippen LogP contribution is 2.14. The summed E-state index contributed by atoms with van der Waals surface area (Å²) in [5.74, 6) is 0. The normalized spacial score (nSPS) is 30.8. The molecule has 4 nitrogen and oxygen atoms in total. The van der Waals surface area contributed by atoms with Crippen LogP contribution in [0.3, 0.4) is 0 Å². The summed E-state index contributed by atoms with van der Waals surface area (Å²) in [5, 5.41) is 0. The van der Waals surface area contributed by atoms with Crippen molar-refractivity contribution in [3.63, 3.8) is 0 Å². The molecule has 1 amide bonds. The molecule has 0 spiro atoms. The Morgan fingerprint density at radius 1 is 1.73 bits per heavy atom. The minimum atomic E-state index is -0.285. The molecular weight excluding hydrogens is 144 g/mol. The lowest BCUT2D eigenvalue weighted by Gasteiger charge is -2.17. The van der Waals surface area contributed by atoms with E-state index in [1.54, 1.807) is 11.8 Å². The molecule has 1 aliphatic rings. The average Bonchev–Trinajstić information content (AvgIpc) is 2.17. The van der Waals surface area contributed by atoms with Gasteiger partial charge in [0.2, 0.25) is 0 Å². The van der Waals surface area contributed by atoms with Crippen molar-refractivity contribution >= 4 is 6.09 Å². The van der Waals surface area contributed by atoms with Crippen LogP contribution >= 0.6 is 0 Å². The number of carbonyl (C=O) groups excluding carboxylic acids is 1. The predicted molar refractivity (Wildman–Crippen MR) is 40.9 cm³/mol. The van der Waals surface area contributed by atoms with Crippen LogP contribution in [0, 0.1) is 0 Å². The van der Waals surface area contributed by atoms with Crippen molar-refractivity contribution in [3.8, 4) is 0 Å². The van der Waals surface area contributed by atoms with Crippen molar-refractivity contribution in [2.45, 2.75) is 32.5 Å². The van der Waals surface area contributed by atoms with Gasteiger partial charge in [0, 0.05) is 6.54 Å². The van der Waals surface area contributed by atoms with Crippen LogP contribution in [0.25, 0.3) is 0 Å². The second-order valence-corrected chi connectivity index (χ2v) is 2.77. The monoisotopic (exact) mass is 158 g/mol. The van der Waals surface area contributed by atoms with Crippen molar-refractivity contribution in [3.05, 3.63) is 0 Å². The molecule has 0 aromatic rings. The average molecular weight is 158 g/mol. The van der Waals surface area contributed by atoms with Crippen LogP contribution in [0.4, 0.5) is 4.79 Å². The quantitative estimate of drug-likeness (QED) is 0.637. The minimum Gasteiger partial charge on any atom is -0.443 e. The van der Waals surface area contributed by atoms with Gasteiger partial charge in [-0.05, 0) is 13.3 Å². The van der Waals surface area contributed by atoms with Crippen LogP contribution in [0.15, 0.2) is 0 Å². The predicted octanol–water partition coefficient (Wildman–Crippen LogP) is 0.522. The number of ether oxygens (including phenoxy) is 1. The molecule has 0 aromatic carbocycles. The van der Waals surface area contributed by atoms with E-state index in [-0.39, 0.29) is 18.4 Å². The Kier molecular flexibility index (Phi) is 2.34. The Hall–Kier alpha value is -0.770. The third-order valence-electron chi connectivity index (χ3n) is 1.83. The molecule has 2 N–H and O–H groups in total. The smallest absolute Gasteiger partial charge is 0.411 e. The summed E-state index contributed by atoms with van der Waals surface area (Å²) in [4.78, 5) is 12.6. The van der Waals surface area contributed by atoms with Crippen LogP contribution < -0.4 is 5.73 Å². The zero-order valence-electron chi connectivity index (χ0n) is 6.91. The summed E-state index contributed by atoms with van der Waals surface area (Å²) in [5.41, 5.74) is 5.68. The highest BCUT2D eigenvalue weighted by Gasteiger charge is 2.35. The first-order valence-corrected chi connectivity index (χ1v) is 3.89. The van der Waals surface area contributed by atoms with E-state index in [0.29, 0.717) is 6.54 Å². The molecule has 1 rings (SSSR count). The van der Waals surface area contributed by atoms with Crippen molar-refractivity contribution in [2.24, 2.45) is 5.73 Å². The van der Waals surface area contributed by atoms with Crippen LogP contribution in [-0.4, -0.2) is 29.8 Å². The van der Waals surface area contributed by atoms with E-state index in [2.05, 4.69) is 0 Å². The van der Waals surface area contributed by atoms with Crippen LogP contribution in [0.2, 0.25) is 0 Å². The second kappa shape index (κ2) is 3.09. The molecule has 1 aliphatic heterocycles. The fourth-order valence-corrected chi connectivity index (χ4v) is 1.15. The Morgan fingerprint density at radius 3 is 2.73 bits per heavy atom. The lowest BCUT2D eigenvalue weighted by molar-refractivity contribution is 0.137. The van der Waals surface area contributed by atoms with Gasteiger partial charge in [-0.2, -0.15) is 0 Å². The van der Waals surface area contributed by atoms with E-state index >= 15 is 0 Å². The summed E-state index contributed by atoms with van der Waals surface area (Å²) in [7, 11) is 0. The van der Waals surface area contributed by atoms with E-state index in [4.69, 9.17) is 10.5 Å². The number of cyclic esters (lactones) is 1. The molecule has 2 atom stereocenters. The molecule has 0 radical (unpaired) electrons. The first kappa shape index (κ1) is 8.33. The number of carbonyl (C=O) groups is 1. The number of rotatable bonds is 2. The molecule has 4 heteroatoms. The molecular formula is C7H14N2O2. The van der Waals surface area contributed by atoms with Gasteiger partial charge >= 0.3 is 6.09 Å². The van der Waals surface area contributed by atoms with Gasteiger partial charge in [0.25, 0.3) is 0 Å². The highest BCUT2D eigenvalue weighted by atomic mass is 16.6. The van der Waals surface area contributed by atoms with Crippen molar-refractivity contribution in [1.82, 2.24) is 4.90 Å². The zero-order valence-corrected chi connectivity index (χ0v) is 6.91. The molecule has 0 bridgehead atoms. The molecule has 0 saturated carbocycles. The Labute approximate surface area is 66.3 Å². The zero-order chi connectivity index (χ0) is 8.43. The maximum Gasteiger partial charge on any atom is 0.411 e. The lowest BCUT2D eigenvalue weighted by atomic mass is 10.3. The summed E-state index contributed by atoms with van der Waals surface area (Å²) in [6, 6.07) is 0. The summed E-state index contributed by atoms with van der Waals surface area (Å²) < 4.78 is 4.90. The summed E-state index contributed by atoms with van der Waals surface area (Å²) in [6.07, 6.45) is 0.193. The van der Waals surface area contributed by atoms with Gasteiger partial charge in [-0.3, -0.25) is 4.90 Å². The number of nitrogens with two attached hydrogens (primary N) is 1. The van der Waals surface area contributed by atoms with Crippen molar-refractivity contribution in [1.29, 1.82) is 0 Å². The number of amides is 1. The fraction of sp³-hybridized carbons (Fsp3) is 0.857. The maximum absolute atomic E-state index is 11.0. The molecule has 11 heavy (non-hydrogen) atoms.